The van der Waals surface area contributed by atoms with Crippen LogP contribution in [0.5, 0.6) is 0 Å². The summed E-state index contributed by atoms with van der Waals surface area (Å²) in [6.45, 7) is 5.33. The van der Waals surface area contributed by atoms with E-state index in [9.17, 15) is 23.1 Å². The Bertz CT molecular complexity index is 1160. The van der Waals surface area contributed by atoms with Crippen LogP contribution >= 0.6 is 0 Å². The van der Waals surface area contributed by atoms with Crippen molar-refractivity contribution in [3.8, 4) is 11.8 Å². The molecule has 6 heteroatoms. The predicted molar refractivity (Wildman–Crippen MR) is 139 cm³/mol. The van der Waals surface area contributed by atoms with E-state index in [0.717, 1.165) is 37.7 Å². The van der Waals surface area contributed by atoms with Gasteiger partial charge in [-0.25, -0.2) is 0 Å². The van der Waals surface area contributed by atoms with E-state index in [-0.39, 0.29) is 22.5 Å². The molecule has 4 aliphatic rings. The van der Waals surface area contributed by atoms with Crippen molar-refractivity contribution in [3.63, 3.8) is 0 Å². The number of nitrogens with zero attached hydrogens (tertiary/aromatic N) is 1. The van der Waals surface area contributed by atoms with Crippen LogP contribution < -0.4 is 4.90 Å². The number of allylic oxidation sites excluding steroid dienone is 1. The summed E-state index contributed by atoms with van der Waals surface area (Å²) in [5.41, 5.74) is 1.41. The number of ketones is 1. The fourth-order valence-electron chi connectivity index (χ4n) is 8.82. The maximum atomic E-state index is 13.0. The molecule has 1 unspecified atom stereocenters. The number of fused-ring (bicyclic) bond motifs is 5. The van der Waals surface area contributed by atoms with Crippen molar-refractivity contribution in [3.05, 3.63) is 41.5 Å². The van der Waals surface area contributed by atoms with Gasteiger partial charge in [-0.2, -0.15) is 13.2 Å². The summed E-state index contributed by atoms with van der Waals surface area (Å²) in [5.74, 6) is 7.58. The summed E-state index contributed by atoms with van der Waals surface area (Å²) in [4.78, 5) is 13.6. The molecule has 0 heterocycles. The zero-order valence-corrected chi connectivity index (χ0v) is 22.3. The number of carbonyl (C=O) groups is 1. The number of benzene rings is 1. The minimum atomic E-state index is -4.27. The molecule has 7 atom stereocenters. The van der Waals surface area contributed by atoms with Gasteiger partial charge in [0.2, 0.25) is 0 Å². The molecule has 0 bridgehead atoms. The molecule has 0 amide bonds. The van der Waals surface area contributed by atoms with Crippen LogP contribution in [0.4, 0.5) is 18.9 Å². The number of hydrogen-bond acceptors (Lipinski definition) is 3. The van der Waals surface area contributed by atoms with Gasteiger partial charge in [-0.05, 0) is 98.3 Å². The lowest BCUT2D eigenvalue weighted by atomic mass is 9.43. The Hall–Kier alpha value is -2.26. The van der Waals surface area contributed by atoms with E-state index in [1.807, 2.05) is 18.2 Å². The first-order chi connectivity index (χ1) is 17.3. The largest absolute Gasteiger partial charge is 0.405 e. The van der Waals surface area contributed by atoms with Crippen LogP contribution in [-0.4, -0.2) is 36.3 Å². The van der Waals surface area contributed by atoms with Gasteiger partial charge >= 0.3 is 6.18 Å². The maximum Gasteiger partial charge on any atom is 0.405 e. The summed E-state index contributed by atoms with van der Waals surface area (Å²) < 4.78 is 38.9. The zero-order chi connectivity index (χ0) is 26.8. The Kier molecular flexibility index (Phi) is 6.34. The molecule has 0 spiro atoms. The average molecular weight is 514 g/mol. The van der Waals surface area contributed by atoms with Gasteiger partial charge in [-0.15, -0.1) is 5.92 Å². The van der Waals surface area contributed by atoms with Gasteiger partial charge in [0, 0.05) is 24.6 Å². The molecule has 5 rings (SSSR count). The van der Waals surface area contributed by atoms with Crippen molar-refractivity contribution in [2.75, 3.05) is 18.5 Å². The Morgan fingerprint density at radius 1 is 1.11 bits per heavy atom. The number of rotatable bonds is 3. The molecular formula is C31H38F3NO2. The smallest absolute Gasteiger partial charge is 0.377 e. The van der Waals surface area contributed by atoms with Crippen molar-refractivity contribution < 1.29 is 23.1 Å². The molecule has 0 radical (unpaired) electrons. The molecule has 1 N–H and O–H groups in total. The van der Waals surface area contributed by atoms with Gasteiger partial charge in [0.1, 0.15) is 12.1 Å². The van der Waals surface area contributed by atoms with Crippen LogP contribution in [-0.2, 0) is 4.79 Å². The summed E-state index contributed by atoms with van der Waals surface area (Å²) in [6.07, 6.45) is 3.34. The molecule has 0 aliphatic heterocycles. The van der Waals surface area contributed by atoms with Crippen molar-refractivity contribution in [1.82, 2.24) is 0 Å². The molecule has 200 valence electrons. The molecule has 37 heavy (non-hydrogen) atoms. The highest BCUT2D eigenvalue weighted by Crippen LogP contribution is 2.70. The van der Waals surface area contributed by atoms with E-state index in [4.69, 9.17) is 0 Å². The minimum absolute atomic E-state index is 0.0916. The van der Waals surface area contributed by atoms with Crippen LogP contribution in [0.15, 0.2) is 35.9 Å². The number of alkyl halides is 3. The van der Waals surface area contributed by atoms with E-state index in [1.165, 1.54) is 17.5 Å². The lowest BCUT2D eigenvalue weighted by Crippen LogP contribution is -2.57. The van der Waals surface area contributed by atoms with Crippen LogP contribution in [0.2, 0.25) is 0 Å². The van der Waals surface area contributed by atoms with Crippen molar-refractivity contribution in [2.24, 2.45) is 28.6 Å². The number of halogens is 3. The van der Waals surface area contributed by atoms with E-state index in [0.29, 0.717) is 36.3 Å². The fraction of sp³-hybridized carbons (Fsp3) is 0.645. The lowest BCUT2D eigenvalue weighted by molar-refractivity contribution is -0.122. The number of anilines is 1. The van der Waals surface area contributed by atoms with E-state index < -0.39 is 18.3 Å². The topological polar surface area (TPSA) is 40.5 Å². The van der Waals surface area contributed by atoms with Gasteiger partial charge in [-0.1, -0.05) is 37.5 Å². The second kappa shape index (κ2) is 8.90. The summed E-state index contributed by atoms with van der Waals surface area (Å²) in [7, 11) is 1.46. The highest BCUT2D eigenvalue weighted by atomic mass is 19.4. The Morgan fingerprint density at radius 3 is 2.46 bits per heavy atom. The van der Waals surface area contributed by atoms with Gasteiger partial charge < -0.3 is 10.0 Å². The first kappa shape index (κ1) is 26.4. The second-order valence-corrected chi connectivity index (χ2v) is 12.5. The quantitative estimate of drug-likeness (QED) is 0.459. The zero-order valence-electron chi connectivity index (χ0n) is 22.3. The summed E-state index contributed by atoms with van der Waals surface area (Å²) in [6, 6.07) is 7.57. The fourth-order valence-corrected chi connectivity index (χ4v) is 8.82. The Labute approximate surface area is 218 Å². The van der Waals surface area contributed by atoms with Gasteiger partial charge in [0.15, 0.2) is 5.78 Å². The van der Waals surface area contributed by atoms with Gasteiger partial charge in [0.05, 0.1) is 0 Å². The second-order valence-electron chi connectivity index (χ2n) is 12.5. The Balaban J connectivity index is 1.57. The molecule has 3 nitrogen and oxygen atoms in total. The number of aliphatic hydroxyl groups is 1. The van der Waals surface area contributed by atoms with Crippen molar-refractivity contribution in [1.29, 1.82) is 0 Å². The van der Waals surface area contributed by atoms with E-state index in [2.05, 4.69) is 25.7 Å². The van der Waals surface area contributed by atoms with Crippen LogP contribution in [0.25, 0.3) is 0 Å². The third-order valence-corrected chi connectivity index (χ3v) is 10.6. The highest BCUT2D eigenvalue weighted by molar-refractivity contribution is 5.91. The molecule has 4 aliphatic carbocycles. The normalized spacial score (nSPS) is 39.0. The third-order valence-electron chi connectivity index (χ3n) is 10.6. The minimum Gasteiger partial charge on any atom is -0.377 e. The molecule has 0 aromatic heterocycles. The SMILES string of the molecule is CC#C[C@]1(O)CC[C@H]2[C@@H]3CCC4=CC(=O)CC[C@]4(C)C3[C@@H](c3ccc(N(C)CC(F)(F)F)cc3)C[C@@]21C. The maximum absolute atomic E-state index is 13.0. The average Bonchev–Trinajstić information content (AvgIpc) is 3.08. The lowest BCUT2D eigenvalue weighted by Gasteiger charge is -2.61. The Morgan fingerprint density at radius 2 is 1.81 bits per heavy atom. The van der Waals surface area contributed by atoms with Gasteiger partial charge in [-0.3, -0.25) is 4.79 Å². The molecular weight excluding hydrogens is 475 g/mol. The highest BCUT2D eigenvalue weighted by Gasteiger charge is 2.66. The number of carbonyl (C=O) groups excluding carboxylic acids is 1. The van der Waals surface area contributed by atoms with Crippen LogP contribution in [0.1, 0.15) is 77.2 Å². The monoisotopic (exact) mass is 513 g/mol. The van der Waals surface area contributed by atoms with Gasteiger partial charge in [0.25, 0.3) is 0 Å². The molecule has 1 aromatic carbocycles. The van der Waals surface area contributed by atoms with Crippen molar-refractivity contribution >= 4 is 11.5 Å². The molecule has 3 saturated carbocycles. The van der Waals surface area contributed by atoms with E-state index >= 15 is 0 Å². The van der Waals surface area contributed by atoms with Crippen LogP contribution in [0, 0.1) is 40.4 Å². The molecule has 1 aromatic rings. The summed E-state index contributed by atoms with van der Waals surface area (Å²) in [5, 5.41) is 11.8. The molecule has 3 fully saturated rings. The first-order valence-electron chi connectivity index (χ1n) is 13.6. The van der Waals surface area contributed by atoms with Crippen LogP contribution in [0.3, 0.4) is 0 Å². The third kappa shape index (κ3) is 4.22. The van der Waals surface area contributed by atoms with Crippen molar-refractivity contribution in [2.45, 2.75) is 83.4 Å². The number of hydrogen-bond donors (Lipinski definition) is 1. The summed E-state index contributed by atoms with van der Waals surface area (Å²) >= 11 is 0. The van der Waals surface area contributed by atoms with E-state index in [1.54, 1.807) is 19.1 Å². The molecule has 0 saturated heterocycles. The standard InChI is InChI=1S/C31H38F3NO2/c1-5-14-30(37)16-13-26-24-11-8-21-17-23(36)12-15-28(21,2)27(24)25(18-29(26,30)3)20-6-9-22(10-7-20)35(4)19-31(32,33)34/h6-7,9-10,17,24-27,37H,8,11-13,15-16,18-19H2,1-4H3/t24-,25+,26-,27?,28-,29-,30-/m0/s1. The first-order valence-corrected chi connectivity index (χ1v) is 13.6. The predicted octanol–water partition coefficient (Wildman–Crippen LogP) is 6.66.